The maximum atomic E-state index is 13.3. The van der Waals surface area contributed by atoms with Crippen molar-refractivity contribution in [2.75, 3.05) is 18.0 Å². The summed E-state index contributed by atoms with van der Waals surface area (Å²) in [7, 11) is 0. The lowest BCUT2D eigenvalue weighted by Gasteiger charge is -2.40. The van der Waals surface area contributed by atoms with Crippen molar-refractivity contribution in [3.8, 4) is 6.07 Å². The number of halogens is 3. The number of amides is 1. The summed E-state index contributed by atoms with van der Waals surface area (Å²) in [5.41, 5.74) is 1.23. The van der Waals surface area contributed by atoms with Gasteiger partial charge in [-0.3, -0.25) is 4.98 Å². The van der Waals surface area contributed by atoms with E-state index in [4.69, 9.17) is 5.11 Å². The second-order valence-corrected chi connectivity index (χ2v) is 6.17. The monoisotopic (exact) mass is 364 g/mol. The third-order valence-corrected chi connectivity index (χ3v) is 4.45. The number of alkyl halides is 3. The van der Waals surface area contributed by atoms with E-state index in [0.29, 0.717) is 22.2 Å². The Labute approximate surface area is 146 Å². The first kappa shape index (κ1) is 17.8. The number of benzene rings is 1. The number of nitrogens with zero attached hydrogens (tertiary/aromatic N) is 3. The molecule has 2 N–H and O–H groups in total. The molecule has 6 nitrogen and oxygen atoms in total. The van der Waals surface area contributed by atoms with Gasteiger partial charge in [0.2, 0.25) is 0 Å². The summed E-state index contributed by atoms with van der Waals surface area (Å²) in [6.07, 6.45) is -4.59. The van der Waals surface area contributed by atoms with Gasteiger partial charge >= 0.3 is 12.3 Å². The van der Waals surface area contributed by atoms with Crippen LogP contribution in [0.5, 0.6) is 0 Å². The minimum absolute atomic E-state index is 0.106. The summed E-state index contributed by atoms with van der Waals surface area (Å²) < 4.78 is 39.9. The molecule has 3 rings (SSSR count). The first-order valence-electron chi connectivity index (χ1n) is 7.88. The van der Waals surface area contributed by atoms with Crippen LogP contribution in [0, 0.1) is 17.2 Å². The lowest BCUT2D eigenvalue weighted by atomic mass is 9.92. The molecule has 1 aromatic heterocycles. The van der Waals surface area contributed by atoms with E-state index in [2.05, 4.69) is 10.3 Å². The number of nitrogens with one attached hydrogen (secondary N) is 1. The maximum Gasteiger partial charge on any atom is 0.404 e. The van der Waals surface area contributed by atoms with E-state index in [1.165, 1.54) is 17.2 Å². The van der Waals surface area contributed by atoms with E-state index in [1.54, 1.807) is 18.2 Å². The Morgan fingerprint density at radius 1 is 1.35 bits per heavy atom. The zero-order chi connectivity index (χ0) is 18.9. The Morgan fingerprint density at radius 3 is 2.77 bits per heavy atom. The molecule has 1 aliphatic rings. The molecule has 1 aromatic carbocycles. The minimum atomic E-state index is -4.43. The Morgan fingerprint density at radius 2 is 2.12 bits per heavy atom. The van der Waals surface area contributed by atoms with Gasteiger partial charge in [-0.15, -0.1) is 0 Å². The van der Waals surface area contributed by atoms with Crippen LogP contribution < -0.4 is 10.2 Å². The highest BCUT2D eigenvalue weighted by molar-refractivity contribution is 5.95. The van der Waals surface area contributed by atoms with E-state index in [0.717, 1.165) is 0 Å². The molecule has 2 unspecified atom stereocenters. The van der Waals surface area contributed by atoms with Crippen molar-refractivity contribution < 1.29 is 23.1 Å². The number of hydrogen-bond acceptors (Lipinski definition) is 4. The lowest BCUT2D eigenvalue weighted by Crippen LogP contribution is -2.53. The van der Waals surface area contributed by atoms with Crippen LogP contribution in [-0.4, -0.2) is 41.5 Å². The number of hydrogen-bond donors (Lipinski definition) is 2. The molecule has 26 heavy (non-hydrogen) atoms. The maximum absolute atomic E-state index is 13.3. The first-order chi connectivity index (χ1) is 12.3. The molecule has 0 radical (unpaired) electrons. The average molecular weight is 364 g/mol. The van der Waals surface area contributed by atoms with Crippen LogP contribution in [0.4, 0.5) is 23.7 Å². The number of carboxylic acid groups (broad SMARTS) is 1. The number of pyridine rings is 1. The standard InChI is InChI=1S/C17H15F3N4O2/c18-17(19,20)11-6-12(23-16(25)26)9-24(8-11)14-4-3-10(7-21)15-13(14)2-1-5-22-15/h1-5,11-12,23H,6,8-9H2,(H,25,26). The predicted molar refractivity (Wildman–Crippen MR) is 87.8 cm³/mol. The van der Waals surface area contributed by atoms with E-state index in [9.17, 15) is 23.2 Å². The van der Waals surface area contributed by atoms with Crippen LogP contribution in [0.1, 0.15) is 12.0 Å². The molecule has 2 heterocycles. The predicted octanol–water partition coefficient (Wildman–Crippen LogP) is 3.13. The van der Waals surface area contributed by atoms with Gasteiger partial charge in [0.25, 0.3) is 0 Å². The summed E-state index contributed by atoms with van der Waals surface area (Å²) in [5, 5.41) is 20.8. The fourth-order valence-electron chi connectivity index (χ4n) is 3.34. The highest BCUT2D eigenvalue weighted by atomic mass is 19.4. The van der Waals surface area contributed by atoms with Crippen molar-refractivity contribution in [2.24, 2.45) is 5.92 Å². The molecule has 1 fully saturated rings. The number of fused-ring (bicyclic) bond motifs is 1. The topological polar surface area (TPSA) is 89.2 Å². The molecule has 1 amide bonds. The van der Waals surface area contributed by atoms with E-state index < -0.39 is 24.2 Å². The number of rotatable bonds is 2. The second kappa shape index (κ2) is 6.71. The van der Waals surface area contributed by atoms with Crippen molar-refractivity contribution in [1.29, 1.82) is 5.26 Å². The van der Waals surface area contributed by atoms with Crippen molar-refractivity contribution in [1.82, 2.24) is 10.3 Å². The van der Waals surface area contributed by atoms with Gasteiger partial charge in [-0.05, 0) is 30.7 Å². The molecule has 2 atom stereocenters. The number of carbonyl (C=O) groups is 1. The van der Waals surface area contributed by atoms with Gasteiger partial charge in [0.15, 0.2) is 0 Å². The van der Waals surface area contributed by atoms with Crippen molar-refractivity contribution in [2.45, 2.75) is 18.6 Å². The molecule has 0 bridgehead atoms. The highest BCUT2D eigenvalue weighted by Crippen LogP contribution is 2.37. The van der Waals surface area contributed by atoms with Crippen LogP contribution in [0.2, 0.25) is 0 Å². The summed E-state index contributed by atoms with van der Waals surface area (Å²) >= 11 is 0. The number of aromatic nitrogens is 1. The summed E-state index contributed by atoms with van der Waals surface area (Å²) in [4.78, 5) is 16.6. The first-order valence-corrected chi connectivity index (χ1v) is 7.88. The molecular weight excluding hydrogens is 349 g/mol. The molecule has 1 aliphatic heterocycles. The van der Waals surface area contributed by atoms with Gasteiger partial charge < -0.3 is 15.3 Å². The van der Waals surface area contributed by atoms with Crippen LogP contribution in [-0.2, 0) is 0 Å². The third-order valence-electron chi connectivity index (χ3n) is 4.45. The van der Waals surface area contributed by atoms with E-state index >= 15 is 0 Å². The van der Waals surface area contributed by atoms with Gasteiger partial charge in [0.05, 0.1) is 23.0 Å². The average Bonchev–Trinajstić information content (AvgIpc) is 2.59. The Bertz CT molecular complexity index is 878. The van der Waals surface area contributed by atoms with Crippen LogP contribution >= 0.6 is 0 Å². The number of piperidine rings is 1. The fourth-order valence-corrected chi connectivity index (χ4v) is 3.34. The molecule has 1 saturated heterocycles. The Kier molecular flexibility index (Phi) is 4.59. The largest absolute Gasteiger partial charge is 0.465 e. The van der Waals surface area contributed by atoms with Gasteiger partial charge in [-0.2, -0.15) is 18.4 Å². The second-order valence-electron chi connectivity index (χ2n) is 6.17. The van der Waals surface area contributed by atoms with Gasteiger partial charge in [-0.25, -0.2) is 4.79 Å². The minimum Gasteiger partial charge on any atom is -0.465 e. The van der Waals surface area contributed by atoms with Crippen molar-refractivity contribution >= 4 is 22.7 Å². The van der Waals surface area contributed by atoms with Crippen molar-refractivity contribution in [3.63, 3.8) is 0 Å². The van der Waals surface area contributed by atoms with Crippen LogP contribution in [0.15, 0.2) is 30.5 Å². The van der Waals surface area contributed by atoms with E-state index in [1.807, 2.05) is 6.07 Å². The highest BCUT2D eigenvalue weighted by Gasteiger charge is 2.45. The normalized spacial score (nSPS) is 20.6. The molecule has 136 valence electrons. The van der Waals surface area contributed by atoms with E-state index in [-0.39, 0.29) is 19.5 Å². The number of nitriles is 1. The summed E-state index contributed by atoms with van der Waals surface area (Å²) in [6, 6.07) is 7.60. The molecular formula is C17H15F3N4O2. The molecule has 0 aliphatic carbocycles. The number of anilines is 1. The summed E-state index contributed by atoms with van der Waals surface area (Å²) in [5.74, 6) is -1.66. The van der Waals surface area contributed by atoms with Crippen molar-refractivity contribution in [3.05, 3.63) is 36.0 Å². The quantitative estimate of drug-likeness (QED) is 0.855. The molecule has 0 saturated carbocycles. The Hall–Kier alpha value is -3.02. The smallest absolute Gasteiger partial charge is 0.404 e. The zero-order valence-electron chi connectivity index (χ0n) is 13.5. The molecule has 2 aromatic rings. The third kappa shape index (κ3) is 3.49. The van der Waals surface area contributed by atoms with Crippen LogP contribution in [0.25, 0.3) is 10.9 Å². The molecule has 0 spiro atoms. The van der Waals surface area contributed by atoms with Gasteiger partial charge in [0.1, 0.15) is 6.07 Å². The Balaban J connectivity index is 2.03. The molecule has 9 heteroatoms. The lowest BCUT2D eigenvalue weighted by molar-refractivity contribution is -0.177. The van der Waals surface area contributed by atoms with Gasteiger partial charge in [-0.1, -0.05) is 0 Å². The zero-order valence-corrected chi connectivity index (χ0v) is 13.5. The SMILES string of the molecule is N#Cc1ccc(N2CC(NC(=O)O)CC(C(F)(F)F)C2)c2cccnc12. The summed E-state index contributed by atoms with van der Waals surface area (Å²) in [6.45, 7) is -0.175. The van der Waals surface area contributed by atoms with Crippen LogP contribution in [0.3, 0.4) is 0 Å². The van der Waals surface area contributed by atoms with Gasteiger partial charge in [0, 0.05) is 30.4 Å². The fraction of sp³-hybridized carbons (Fsp3) is 0.353.